The van der Waals surface area contributed by atoms with Gasteiger partial charge < -0.3 is 4.90 Å². The molecule has 0 radical (unpaired) electrons. The quantitative estimate of drug-likeness (QED) is 0.179. The molecular formula is C52H43N. The molecule has 0 bridgehead atoms. The van der Waals surface area contributed by atoms with E-state index in [9.17, 15) is 0 Å². The first-order valence-electron chi connectivity index (χ1n) is 19.0. The molecule has 0 atom stereocenters. The van der Waals surface area contributed by atoms with E-state index in [4.69, 9.17) is 0 Å². The van der Waals surface area contributed by atoms with Crippen molar-refractivity contribution < 1.29 is 0 Å². The van der Waals surface area contributed by atoms with Crippen LogP contribution in [0, 0.1) is 0 Å². The molecule has 0 aliphatic carbocycles. The molecule has 0 saturated heterocycles. The zero-order valence-electron chi connectivity index (χ0n) is 31.4. The molecule has 0 aliphatic heterocycles. The van der Waals surface area contributed by atoms with Crippen molar-refractivity contribution in [3.05, 3.63) is 163 Å². The molecule has 0 amide bonds. The van der Waals surface area contributed by atoms with Gasteiger partial charge in [-0.3, -0.25) is 0 Å². The smallest absolute Gasteiger partial charge is 0.0540 e. The molecule has 0 spiro atoms. The summed E-state index contributed by atoms with van der Waals surface area (Å²) in [4.78, 5) is 2.46. The van der Waals surface area contributed by atoms with Crippen molar-refractivity contribution in [2.45, 2.75) is 52.4 Å². The number of rotatable bonds is 4. The van der Waals surface area contributed by atoms with Crippen molar-refractivity contribution >= 4 is 81.7 Å². The van der Waals surface area contributed by atoms with Crippen molar-refractivity contribution in [2.24, 2.45) is 0 Å². The fourth-order valence-corrected chi connectivity index (χ4v) is 9.06. The molecule has 10 rings (SSSR count). The van der Waals surface area contributed by atoms with E-state index in [2.05, 4.69) is 198 Å². The lowest BCUT2D eigenvalue weighted by Crippen LogP contribution is -2.14. The molecule has 0 aliphatic rings. The van der Waals surface area contributed by atoms with E-state index < -0.39 is 0 Å². The molecule has 0 unspecified atom stereocenters. The Hall–Kier alpha value is -5.92. The Kier molecular flexibility index (Phi) is 6.77. The number of nitrogens with zero attached hydrogens (tertiary/aromatic N) is 1. The SMILES string of the molecule is CC(C)(C)c1ccc(N(c2ccc(C(C)(C)C)cc2)c2ccc3c4c(-c5ccccc5)c5cccc6c7ccccc7c(c56)c4c4cccc2c34)cc1. The van der Waals surface area contributed by atoms with Gasteiger partial charge in [0.05, 0.1) is 5.69 Å². The van der Waals surface area contributed by atoms with Crippen molar-refractivity contribution in [3.8, 4) is 11.1 Å². The van der Waals surface area contributed by atoms with Gasteiger partial charge in [-0.05, 0) is 123 Å². The van der Waals surface area contributed by atoms with Crippen LogP contribution in [0.15, 0.2) is 152 Å². The standard InChI is InChI=1S/C52H43N/c1-51(2,3)33-22-26-35(27-23-33)53(36-28-24-34(25-29-36)52(4,5)6)44-31-30-43-46-40(44)19-13-21-42(46)50-48-39-17-11-10-16-37(39)38-18-12-20-41(47(38)48)45(49(43)50)32-14-8-7-9-15-32/h7-31H,1-6H3. The third-order valence-corrected chi connectivity index (χ3v) is 11.7. The second kappa shape index (κ2) is 11.3. The normalized spacial score (nSPS) is 12.7. The van der Waals surface area contributed by atoms with Crippen LogP contribution in [0.1, 0.15) is 52.7 Å². The van der Waals surface area contributed by atoms with E-state index in [0.717, 1.165) is 11.4 Å². The lowest BCUT2D eigenvalue weighted by atomic mass is 9.86. The monoisotopic (exact) mass is 681 g/mol. The van der Waals surface area contributed by atoms with E-state index in [1.54, 1.807) is 0 Å². The van der Waals surface area contributed by atoms with Gasteiger partial charge in [-0.2, -0.15) is 0 Å². The van der Waals surface area contributed by atoms with Gasteiger partial charge in [-0.15, -0.1) is 0 Å². The Balaban J connectivity index is 1.34. The van der Waals surface area contributed by atoms with E-state index >= 15 is 0 Å². The molecule has 0 fully saturated rings. The van der Waals surface area contributed by atoms with E-state index in [-0.39, 0.29) is 10.8 Å². The molecule has 10 aromatic carbocycles. The number of hydrogen-bond donors (Lipinski definition) is 0. The Bertz CT molecular complexity index is 2920. The maximum absolute atomic E-state index is 2.46. The van der Waals surface area contributed by atoms with Crippen LogP contribution in [0.3, 0.4) is 0 Å². The zero-order valence-corrected chi connectivity index (χ0v) is 31.4. The number of fused-ring (bicyclic) bond motifs is 7. The van der Waals surface area contributed by atoms with Crippen molar-refractivity contribution in [1.29, 1.82) is 0 Å². The summed E-state index contributed by atoms with van der Waals surface area (Å²) >= 11 is 0. The first-order valence-corrected chi connectivity index (χ1v) is 19.0. The van der Waals surface area contributed by atoms with E-state index in [1.807, 2.05) is 0 Å². The van der Waals surface area contributed by atoms with Gasteiger partial charge >= 0.3 is 0 Å². The lowest BCUT2D eigenvalue weighted by molar-refractivity contribution is 0.590. The minimum absolute atomic E-state index is 0.0748. The summed E-state index contributed by atoms with van der Waals surface area (Å²) < 4.78 is 0. The molecule has 1 heteroatoms. The molecule has 0 saturated carbocycles. The Morgan fingerprint density at radius 1 is 0.321 bits per heavy atom. The predicted octanol–water partition coefficient (Wildman–Crippen LogP) is 15.2. The summed E-state index contributed by atoms with van der Waals surface area (Å²) in [6.45, 7) is 13.7. The van der Waals surface area contributed by atoms with Gasteiger partial charge in [0.15, 0.2) is 0 Å². The summed E-state index contributed by atoms with van der Waals surface area (Å²) in [6, 6.07) is 57.1. The van der Waals surface area contributed by atoms with Gasteiger partial charge in [-0.1, -0.05) is 163 Å². The highest BCUT2D eigenvalue weighted by molar-refractivity contribution is 6.48. The summed E-state index contributed by atoms with van der Waals surface area (Å²) in [6.07, 6.45) is 0. The molecule has 0 aromatic heterocycles. The predicted molar refractivity (Wildman–Crippen MR) is 231 cm³/mol. The highest BCUT2D eigenvalue weighted by Crippen LogP contribution is 2.54. The Morgan fingerprint density at radius 3 is 1.42 bits per heavy atom. The minimum atomic E-state index is 0.0748. The first-order chi connectivity index (χ1) is 25.6. The fraction of sp³-hybridized carbons (Fsp3) is 0.154. The number of anilines is 3. The molecule has 0 heterocycles. The molecule has 10 aromatic rings. The van der Waals surface area contributed by atoms with E-state index in [0.29, 0.717) is 0 Å². The highest BCUT2D eigenvalue weighted by atomic mass is 15.1. The van der Waals surface area contributed by atoms with Crippen LogP contribution in [-0.4, -0.2) is 0 Å². The number of benzene rings is 8. The maximum atomic E-state index is 2.46. The molecule has 256 valence electrons. The average Bonchev–Trinajstić information content (AvgIpc) is 3.67. The minimum Gasteiger partial charge on any atom is -0.310 e. The van der Waals surface area contributed by atoms with Gasteiger partial charge in [0.2, 0.25) is 0 Å². The van der Waals surface area contributed by atoms with Gasteiger partial charge in [0, 0.05) is 16.8 Å². The van der Waals surface area contributed by atoms with Crippen LogP contribution >= 0.6 is 0 Å². The maximum Gasteiger partial charge on any atom is 0.0540 e. The summed E-state index contributed by atoms with van der Waals surface area (Å²) in [5.74, 6) is 0. The summed E-state index contributed by atoms with van der Waals surface area (Å²) in [5.41, 5.74) is 8.90. The number of hydrogen-bond acceptors (Lipinski definition) is 1. The highest BCUT2D eigenvalue weighted by Gasteiger charge is 2.27. The van der Waals surface area contributed by atoms with Crippen molar-refractivity contribution in [1.82, 2.24) is 0 Å². The van der Waals surface area contributed by atoms with Crippen LogP contribution in [0.4, 0.5) is 17.1 Å². The first kappa shape index (κ1) is 31.8. The summed E-state index contributed by atoms with van der Waals surface area (Å²) in [7, 11) is 0. The zero-order chi connectivity index (χ0) is 36.2. The largest absolute Gasteiger partial charge is 0.310 e. The third-order valence-electron chi connectivity index (χ3n) is 11.7. The molecule has 53 heavy (non-hydrogen) atoms. The Labute approximate surface area is 311 Å². The van der Waals surface area contributed by atoms with Gasteiger partial charge in [-0.25, -0.2) is 0 Å². The van der Waals surface area contributed by atoms with Gasteiger partial charge in [0.1, 0.15) is 0 Å². The summed E-state index contributed by atoms with van der Waals surface area (Å²) in [5, 5.41) is 16.0. The van der Waals surface area contributed by atoms with Crippen LogP contribution in [0.5, 0.6) is 0 Å². The van der Waals surface area contributed by atoms with Crippen LogP contribution < -0.4 is 4.90 Å². The van der Waals surface area contributed by atoms with E-state index in [1.165, 1.54) is 92.6 Å². The molecular weight excluding hydrogens is 639 g/mol. The topological polar surface area (TPSA) is 3.24 Å². The second-order valence-corrected chi connectivity index (χ2v) is 16.9. The second-order valence-electron chi connectivity index (χ2n) is 16.9. The van der Waals surface area contributed by atoms with Crippen LogP contribution in [-0.2, 0) is 10.8 Å². The van der Waals surface area contributed by atoms with Crippen LogP contribution in [0.25, 0.3) is 75.8 Å². The lowest BCUT2D eigenvalue weighted by Gasteiger charge is -2.29. The fourth-order valence-electron chi connectivity index (χ4n) is 9.06. The third kappa shape index (κ3) is 4.70. The Morgan fingerprint density at radius 2 is 0.792 bits per heavy atom. The van der Waals surface area contributed by atoms with Crippen LogP contribution in [0.2, 0.25) is 0 Å². The molecule has 0 N–H and O–H groups in total. The van der Waals surface area contributed by atoms with Crippen molar-refractivity contribution in [2.75, 3.05) is 4.90 Å². The average molecular weight is 682 g/mol. The molecule has 1 nitrogen and oxygen atoms in total. The van der Waals surface area contributed by atoms with Crippen molar-refractivity contribution in [3.63, 3.8) is 0 Å². The van der Waals surface area contributed by atoms with Gasteiger partial charge in [0.25, 0.3) is 0 Å².